The predicted molar refractivity (Wildman–Crippen MR) is 55.0 cm³/mol. The molecule has 0 N–H and O–H groups in total. The van der Waals surface area contributed by atoms with Gasteiger partial charge in [0, 0.05) is 11.5 Å². The van der Waals surface area contributed by atoms with Crippen LogP contribution in [0.25, 0.3) is 0 Å². The maximum absolute atomic E-state index is 11.8. The fourth-order valence-electron chi connectivity index (χ4n) is 1.93. The maximum atomic E-state index is 11.8. The van der Waals surface area contributed by atoms with Gasteiger partial charge in [0.1, 0.15) is 0 Å². The molecule has 2 rings (SSSR count). The molecule has 3 nitrogen and oxygen atoms in total. The molecule has 2 aliphatic rings. The zero-order valence-electron chi connectivity index (χ0n) is 8.47. The topological polar surface area (TPSA) is 43.4 Å². The van der Waals surface area contributed by atoms with Crippen molar-refractivity contribution >= 4 is 11.8 Å². The van der Waals surface area contributed by atoms with Gasteiger partial charge in [0.05, 0.1) is 13.0 Å². The SMILES string of the molecule is COC(=O)C1=CC2C=CC=CC(C1)C2=O. The van der Waals surface area contributed by atoms with E-state index in [0.29, 0.717) is 12.0 Å². The van der Waals surface area contributed by atoms with E-state index < -0.39 is 0 Å². The smallest absolute Gasteiger partial charge is 0.333 e. The number of ketones is 1. The Morgan fingerprint density at radius 2 is 2.13 bits per heavy atom. The number of methoxy groups -OCH3 is 1. The van der Waals surface area contributed by atoms with Gasteiger partial charge >= 0.3 is 5.97 Å². The van der Waals surface area contributed by atoms with Crippen LogP contribution >= 0.6 is 0 Å². The van der Waals surface area contributed by atoms with Gasteiger partial charge in [-0.1, -0.05) is 30.4 Å². The van der Waals surface area contributed by atoms with Crippen molar-refractivity contribution < 1.29 is 14.3 Å². The molecule has 2 unspecified atom stereocenters. The number of fused-ring (bicyclic) bond motifs is 2. The molecule has 15 heavy (non-hydrogen) atoms. The Kier molecular flexibility index (Phi) is 2.54. The zero-order valence-corrected chi connectivity index (χ0v) is 8.47. The van der Waals surface area contributed by atoms with E-state index in [4.69, 9.17) is 0 Å². The molecule has 2 atom stereocenters. The Balaban J connectivity index is 2.33. The van der Waals surface area contributed by atoms with Crippen molar-refractivity contribution in [2.45, 2.75) is 6.42 Å². The molecular formula is C12H12O3. The molecule has 3 heteroatoms. The van der Waals surface area contributed by atoms with Crippen LogP contribution in [0.5, 0.6) is 0 Å². The van der Waals surface area contributed by atoms with Gasteiger partial charge in [-0.2, -0.15) is 0 Å². The molecule has 0 amide bonds. The molecule has 2 bridgehead atoms. The Bertz CT molecular complexity index is 388. The molecule has 0 saturated heterocycles. The lowest BCUT2D eigenvalue weighted by atomic mass is 9.82. The molecule has 0 spiro atoms. The molecule has 0 aliphatic heterocycles. The largest absolute Gasteiger partial charge is 0.466 e. The highest BCUT2D eigenvalue weighted by Crippen LogP contribution is 2.29. The first-order valence-electron chi connectivity index (χ1n) is 4.90. The lowest BCUT2D eigenvalue weighted by molar-refractivity contribution is -0.136. The summed E-state index contributed by atoms with van der Waals surface area (Å²) in [6.07, 6.45) is 9.51. The minimum absolute atomic E-state index is 0.160. The number of Topliss-reactive ketones (excluding diaryl/α,β-unsaturated/α-hetero) is 1. The third-order valence-electron chi connectivity index (χ3n) is 2.74. The fraction of sp³-hybridized carbons (Fsp3) is 0.333. The summed E-state index contributed by atoms with van der Waals surface area (Å²) in [6.45, 7) is 0. The van der Waals surface area contributed by atoms with Crippen molar-refractivity contribution in [1.29, 1.82) is 0 Å². The van der Waals surface area contributed by atoms with Crippen LogP contribution in [0.1, 0.15) is 6.42 Å². The van der Waals surface area contributed by atoms with Crippen LogP contribution in [0.2, 0.25) is 0 Å². The summed E-state index contributed by atoms with van der Waals surface area (Å²) in [5.74, 6) is -0.620. The van der Waals surface area contributed by atoms with Crippen LogP contribution in [-0.2, 0) is 14.3 Å². The summed E-state index contributed by atoms with van der Waals surface area (Å²) in [7, 11) is 1.36. The van der Waals surface area contributed by atoms with Crippen molar-refractivity contribution in [3.8, 4) is 0 Å². The van der Waals surface area contributed by atoms with E-state index in [9.17, 15) is 9.59 Å². The van der Waals surface area contributed by atoms with Crippen LogP contribution in [0.3, 0.4) is 0 Å². The summed E-state index contributed by atoms with van der Waals surface area (Å²) in [6, 6.07) is 0. The normalized spacial score (nSPS) is 28.3. The Morgan fingerprint density at radius 1 is 1.40 bits per heavy atom. The van der Waals surface area contributed by atoms with Gasteiger partial charge in [-0.05, 0) is 6.42 Å². The number of carbonyl (C=O) groups excluding carboxylic acids is 2. The van der Waals surface area contributed by atoms with Crippen LogP contribution < -0.4 is 0 Å². The summed E-state index contributed by atoms with van der Waals surface area (Å²) < 4.78 is 4.66. The van der Waals surface area contributed by atoms with Crippen molar-refractivity contribution in [1.82, 2.24) is 0 Å². The van der Waals surface area contributed by atoms with Crippen LogP contribution in [0.4, 0.5) is 0 Å². The maximum Gasteiger partial charge on any atom is 0.333 e. The fourth-order valence-corrected chi connectivity index (χ4v) is 1.93. The number of allylic oxidation sites excluding steroid dienone is 5. The van der Waals surface area contributed by atoms with Crippen molar-refractivity contribution in [2.75, 3.05) is 7.11 Å². The molecule has 0 fully saturated rings. The Morgan fingerprint density at radius 3 is 2.87 bits per heavy atom. The van der Waals surface area contributed by atoms with Gasteiger partial charge in [-0.15, -0.1) is 0 Å². The molecule has 0 radical (unpaired) electrons. The lowest BCUT2D eigenvalue weighted by Gasteiger charge is -2.21. The van der Waals surface area contributed by atoms with Crippen LogP contribution in [-0.4, -0.2) is 18.9 Å². The first-order chi connectivity index (χ1) is 7.22. The average molecular weight is 204 g/mol. The number of rotatable bonds is 1. The van der Waals surface area contributed by atoms with E-state index in [2.05, 4.69) is 4.74 Å². The highest BCUT2D eigenvalue weighted by molar-refractivity contribution is 5.97. The second-order valence-electron chi connectivity index (χ2n) is 3.69. The second kappa shape index (κ2) is 3.85. The third kappa shape index (κ3) is 1.77. The van der Waals surface area contributed by atoms with Gasteiger partial charge in [-0.25, -0.2) is 4.79 Å². The van der Waals surface area contributed by atoms with E-state index in [1.807, 2.05) is 18.2 Å². The molecular weight excluding hydrogens is 192 g/mol. The standard InChI is InChI=1S/C12H12O3/c1-15-12(14)10-6-8-4-2-3-5-9(7-10)11(8)13/h2-6,8-9H,7H2,1H3. The Hall–Kier alpha value is -1.64. The quantitative estimate of drug-likeness (QED) is 0.607. The molecule has 0 saturated carbocycles. The van der Waals surface area contributed by atoms with E-state index in [1.165, 1.54) is 7.11 Å². The average Bonchev–Trinajstić information content (AvgIpc) is 2.38. The van der Waals surface area contributed by atoms with E-state index in [1.54, 1.807) is 12.2 Å². The number of esters is 1. The molecule has 0 aromatic rings. The number of ether oxygens (including phenoxy) is 1. The van der Waals surface area contributed by atoms with Crippen LogP contribution in [0, 0.1) is 11.8 Å². The first kappa shape index (κ1) is 9.90. The highest BCUT2D eigenvalue weighted by Gasteiger charge is 2.31. The summed E-state index contributed by atoms with van der Waals surface area (Å²) in [5.41, 5.74) is 0.600. The second-order valence-corrected chi connectivity index (χ2v) is 3.69. The summed E-state index contributed by atoms with van der Waals surface area (Å²) in [5, 5.41) is 0. The van der Waals surface area contributed by atoms with Gasteiger partial charge in [0.25, 0.3) is 0 Å². The Labute approximate surface area is 88.1 Å². The number of hydrogen-bond acceptors (Lipinski definition) is 3. The first-order valence-corrected chi connectivity index (χ1v) is 4.90. The molecule has 0 aromatic heterocycles. The van der Waals surface area contributed by atoms with Gasteiger partial charge < -0.3 is 4.74 Å². The number of carbonyl (C=O) groups is 2. The van der Waals surface area contributed by atoms with Crippen molar-refractivity contribution in [3.63, 3.8) is 0 Å². The predicted octanol–water partition coefficient (Wildman–Crippen LogP) is 1.42. The van der Waals surface area contributed by atoms with Crippen LogP contribution in [0.15, 0.2) is 36.0 Å². The van der Waals surface area contributed by atoms with E-state index in [-0.39, 0.29) is 23.6 Å². The summed E-state index contributed by atoms with van der Waals surface area (Å²) >= 11 is 0. The molecule has 0 heterocycles. The van der Waals surface area contributed by atoms with Gasteiger partial charge in [-0.3, -0.25) is 4.79 Å². The highest BCUT2D eigenvalue weighted by atomic mass is 16.5. The third-order valence-corrected chi connectivity index (χ3v) is 2.74. The zero-order chi connectivity index (χ0) is 10.8. The molecule has 0 aromatic carbocycles. The minimum Gasteiger partial charge on any atom is -0.466 e. The molecule has 2 aliphatic carbocycles. The lowest BCUT2D eigenvalue weighted by Crippen LogP contribution is -2.26. The molecule has 78 valence electrons. The monoisotopic (exact) mass is 204 g/mol. The van der Waals surface area contributed by atoms with E-state index in [0.717, 1.165) is 0 Å². The van der Waals surface area contributed by atoms with Gasteiger partial charge in [0.15, 0.2) is 5.78 Å². The van der Waals surface area contributed by atoms with Gasteiger partial charge in [0.2, 0.25) is 0 Å². The minimum atomic E-state index is -0.332. The summed E-state index contributed by atoms with van der Waals surface area (Å²) in [4.78, 5) is 23.2. The number of hydrogen-bond donors (Lipinski definition) is 0. The van der Waals surface area contributed by atoms with Crippen molar-refractivity contribution in [2.24, 2.45) is 11.8 Å². The van der Waals surface area contributed by atoms with E-state index >= 15 is 0 Å². The van der Waals surface area contributed by atoms with Crippen molar-refractivity contribution in [3.05, 3.63) is 36.0 Å².